The molecule has 6 nitrogen and oxygen atoms in total. The molecule has 1 amide bonds. The summed E-state index contributed by atoms with van der Waals surface area (Å²) >= 11 is 0. The van der Waals surface area contributed by atoms with Crippen LogP contribution in [-0.2, 0) is 14.3 Å². The SMILES string of the molecule is COc1ccc([C@@H](C)N2C[C@@]34C=C[C@@H](O3)[C@@H](C(=O)[O-])[C@H]4C2=O)cc1. The molecule has 5 atom stereocenters. The molecule has 0 saturated carbocycles. The van der Waals surface area contributed by atoms with Crippen molar-refractivity contribution in [3.63, 3.8) is 0 Å². The summed E-state index contributed by atoms with van der Waals surface area (Å²) in [6.45, 7) is 2.29. The number of carbonyl (C=O) groups excluding carboxylic acids is 2. The fourth-order valence-electron chi connectivity index (χ4n) is 4.19. The maximum atomic E-state index is 12.9. The first-order chi connectivity index (χ1) is 11.5. The van der Waals surface area contributed by atoms with Gasteiger partial charge in [-0.3, -0.25) is 4.79 Å². The first-order valence-corrected chi connectivity index (χ1v) is 7.99. The molecule has 0 radical (unpaired) electrons. The Bertz CT molecular complexity index is 727. The molecular weight excluding hydrogens is 310 g/mol. The van der Waals surface area contributed by atoms with Crippen molar-refractivity contribution in [2.24, 2.45) is 11.8 Å². The zero-order valence-corrected chi connectivity index (χ0v) is 13.5. The molecule has 126 valence electrons. The molecule has 0 unspecified atom stereocenters. The van der Waals surface area contributed by atoms with Gasteiger partial charge in [0.25, 0.3) is 0 Å². The van der Waals surface area contributed by atoms with Gasteiger partial charge >= 0.3 is 0 Å². The van der Waals surface area contributed by atoms with E-state index in [0.717, 1.165) is 11.3 Å². The molecular formula is C18H18NO5-. The second kappa shape index (κ2) is 5.08. The third-order valence-corrected chi connectivity index (χ3v) is 5.47. The molecule has 3 aliphatic heterocycles. The standard InChI is InChI=1S/C18H19NO5/c1-10(11-3-5-12(23-2)6-4-11)19-9-18-8-7-13(24-18)14(17(21)22)15(18)16(19)20/h3-8,10,13-15H,9H2,1-2H3,(H,21,22)/p-1/t10-,13-,14-,15+,18-/m1/s1. The minimum atomic E-state index is -1.22. The Hall–Kier alpha value is -2.34. The number of carbonyl (C=O) groups is 2. The van der Waals surface area contributed by atoms with Crippen LogP contribution in [0, 0.1) is 11.8 Å². The van der Waals surface area contributed by atoms with Crippen molar-refractivity contribution in [1.29, 1.82) is 0 Å². The van der Waals surface area contributed by atoms with Gasteiger partial charge in [0.05, 0.1) is 31.7 Å². The normalized spacial score (nSPS) is 34.5. The smallest absolute Gasteiger partial charge is 0.230 e. The van der Waals surface area contributed by atoms with Gasteiger partial charge in [-0.15, -0.1) is 0 Å². The predicted molar refractivity (Wildman–Crippen MR) is 81.9 cm³/mol. The van der Waals surface area contributed by atoms with Crippen LogP contribution in [-0.4, -0.2) is 42.1 Å². The van der Waals surface area contributed by atoms with Crippen molar-refractivity contribution in [2.45, 2.75) is 24.7 Å². The Morgan fingerprint density at radius 3 is 2.75 bits per heavy atom. The summed E-state index contributed by atoms with van der Waals surface area (Å²) in [4.78, 5) is 26.1. The minimum Gasteiger partial charge on any atom is -0.550 e. The van der Waals surface area contributed by atoms with Crippen LogP contribution >= 0.6 is 0 Å². The van der Waals surface area contributed by atoms with E-state index in [0.29, 0.717) is 6.54 Å². The summed E-state index contributed by atoms with van der Waals surface area (Å²) in [6, 6.07) is 7.33. The van der Waals surface area contributed by atoms with Crippen molar-refractivity contribution < 1.29 is 24.2 Å². The maximum absolute atomic E-state index is 12.9. The first-order valence-electron chi connectivity index (χ1n) is 7.99. The quantitative estimate of drug-likeness (QED) is 0.742. The second-order valence-electron chi connectivity index (χ2n) is 6.63. The van der Waals surface area contributed by atoms with Gasteiger partial charge < -0.3 is 24.3 Å². The number of benzene rings is 1. The zero-order valence-electron chi connectivity index (χ0n) is 13.5. The summed E-state index contributed by atoms with van der Waals surface area (Å²) in [5, 5.41) is 11.5. The minimum absolute atomic E-state index is 0.179. The molecule has 1 aromatic carbocycles. The second-order valence-corrected chi connectivity index (χ2v) is 6.63. The number of nitrogens with zero attached hydrogens (tertiary/aromatic N) is 1. The van der Waals surface area contributed by atoms with Crippen LogP contribution in [0.25, 0.3) is 0 Å². The predicted octanol–water partition coefficient (Wildman–Crippen LogP) is 0.288. The topological polar surface area (TPSA) is 78.9 Å². The lowest BCUT2D eigenvalue weighted by molar-refractivity contribution is -0.313. The highest BCUT2D eigenvalue weighted by Crippen LogP contribution is 2.53. The number of fused-ring (bicyclic) bond motifs is 1. The number of aliphatic carboxylic acids is 1. The molecule has 0 aliphatic carbocycles. The Kier molecular flexibility index (Phi) is 3.22. The molecule has 4 rings (SSSR count). The van der Waals surface area contributed by atoms with Gasteiger partial charge in [0.2, 0.25) is 5.91 Å². The molecule has 1 aromatic rings. The molecule has 2 fully saturated rings. The fraction of sp³-hybridized carbons (Fsp3) is 0.444. The van der Waals surface area contributed by atoms with Gasteiger partial charge in [-0.1, -0.05) is 24.3 Å². The number of carboxylic acid groups (broad SMARTS) is 1. The zero-order chi connectivity index (χ0) is 17.1. The van der Waals surface area contributed by atoms with Gasteiger partial charge in [-0.05, 0) is 24.6 Å². The Morgan fingerprint density at radius 1 is 1.42 bits per heavy atom. The highest BCUT2D eigenvalue weighted by atomic mass is 16.5. The number of amides is 1. The number of methoxy groups -OCH3 is 1. The molecule has 0 N–H and O–H groups in total. The third kappa shape index (κ3) is 1.92. The highest BCUT2D eigenvalue weighted by molar-refractivity contribution is 5.90. The molecule has 3 aliphatic rings. The van der Waals surface area contributed by atoms with Crippen molar-refractivity contribution in [3.8, 4) is 5.75 Å². The lowest BCUT2D eigenvalue weighted by Crippen LogP contribution is -2.45. The van der Waals surface area contributed by atoms with Crippen LogP contribution in [0.5, 0.6) is 5.75 Å². The lowest BCUT2D eigenvalue weighted by Gasteiger charge is -2.28. The van der Waals surface area contributed by atoms with E-state index in [1.165, 1.54) is 0 Å². The molecule has 0 aromatic heterocycles. The number of hydrogen-bond donors (Lipinski definition) is 0. The summed E-state index contributed by atoms with van der Waals surface area (Å²) < 4.78 is 11.0. The van der Waals surface area contributed by atoms with Crippen LogP contribution in [0.15, 0.2) is 36.4 Å². The van der Waals surface area contributed by atoms with E-state index in [2.05, 4.69) is 0 Å². The van der Waals surface area contributed by atoms with Crippen LogP contribution in [0.1, 0.15) is 18.5 Å². The van der Waals surface area contributed by atoms with E-state index in [1.54, 1.807) is 18.1 Å². The number of likely N-dealkylation sites (tertiary alicyclic amines) is 1. The third-order valence-electron chi connectivity index (χ3n) is 5.47. The molecule has 6 heteroatoms. The van der Waals surface area contributed by atoms with Crippen molar-refractivity contribution >= 4 is 11.9 Å². The van der Waals surface area contributed by atoms with E-state index in [4.69, 9.17) is 9.47 Å². The van der Waals surface area contributed by atoms with E-state index < -0.39 is 29.5 Å². The average Bonchev–Trinajstić information content (AvgIpc) is 3.22. The number of hydrogen-bond acceptors (Lipinski definition) is 5. The molecule has 1 spiro atoms. The van der Waals surface area contributed by atoms with Crippen molar-refractivity contribution in [1.82, 2.24) is 4.90 Å². The molecule has 3 heterocycles. The van der Waals surface area contributed by atoms with E-state index >= 15 is 0 Å². The number of rotatable bonds is 4. The Balaban J connectivity index is 1.63. The largest absolute Gasteiger partial charge is 0.550 e. The summed E-state index contributed by atoms with van der Waals surface area (Å²) in [6.07, 6.45) is 3.04. The highest BCUT2D eigenvalue weighted by Gasteiger charge is 2.65. The van der Waals surface area contributed by atoms with Crippen LogP contribution in [0.4, 0.5) is 0 Å². The average molecular weight is 328 g/mol. The van der Waals surface area contributed by atoms with Crippen molar-refractivity contribution in [2.75, 3.05) is 13.7 Å². The van der Waals surface area contributed by atoms with Gasteiger partial charge in [-0.2, -0.15) is 0 Å². The summed E-state index contributed by atoms with van der Waals surface area (Å²) in [7, 11) is 1.60. The lowest BCUT2D eigenvalue weighted by atomic mass is 9.77. The van der Waals surface area contributed by atoms with Gasteiger partial charge in [0.15, 0.2) is 0 Å². The Labute approximate surface area is 139 Å². The molecule has 24 heavy (non-hydrogen) atoms. The van der Waals surface area contributed by atoms with Crippen molar-refractivity contribution in [3.05, 3.63) is 42.0 Å². The maximum Gasteiger partial charge on any atom is 0.230 e. The van der Waals surface area contributed by atoms with E-state index in [9.17, 15) is 14.7 Å². The monoisotopic (exact) mass is 328 g/mol. The molecule has 2 bridgehead atoms. The fourth-order valence-corrected chi connectivity index (χ4v) is 4.19. The Morgan fingerprint density at radius 2 is 2.12 bits per heavy atom. The van der Waals surface area contributed by atoms with Gasteiger partial charge in [0.1, 0.15) is 11.4 Å². The van der Waals surface area contributed by atoms with E-state index in [1.807, 2.05) is 37.3 Å². The summed E-state index contributed by atoms with van der Waals surface area (Å²) in [5.74, 6) is -2.26. The van der Waals surface area contributed by atoms with Gasteiger partial charge in [-0.25, -0.2) is 0 Å². The number of ether oxygens (including phenoxy) is 2. The number of carboxylic acids is 1. The molecule has 2 saturated heterocycles. The van der Waals surface area contributed by atoms with Crippen LogP contribution < -0.4 is 9.84 Å². The van der Waals surface area contributed by atoms with Crippen LogP contribution in [0.2, 0.25) is 0 Å². The summed E-state index contributed by atoms with van der Waals surface area (Å²) in [5.41, 5.74) is 0.136. The van der Waals surface area contributed by atoms with Gasteiger partial charge in [0, 0.05) is 11.9 Å². The first kappa shape index (κ1) is 15.2. The van der Waals surface area contributed by atoms with Crippen LogP contribution in [0.3, 0.4) is 0 Å². The van der Waals surface area contributed by atoms with E-state index in [-0.39, 0.29) is 11.9 Å².